The minimum absolute atomic E-state index is 0.138. The molecule has 1 aromatic heterocycles. The van der Waals surface area contributed by atoms with Crippen LogP contribution in [0, 0.1) is 11.3 Å². The SMILES string of the molecule is CC(C)CC1(C(=O)Nc2ncc[nH]2)CCCC1. The first kappa shape index (κ1) is 12.1. The number of aromatic amines is 1. The van der Waals surface area contributed by atoms with Crippen molar-refractivity contribution in [2.45, 2.75) is 46.0 Å². The van der Waals surface area contributed by atoms with Gasteiger partial charge < -0.3 is 4.98 Å². The number of aromatic nitrogens is 2. The van der Waals surface area contributed by atoms with Gasteiger partial charge in [0.1, 0.15) is 0 Å². The fourth-order valence-electron chi connectivity index (χ4n) is 2.93. The van der Waals surface area contributed by atoms with Crippen LogP contribution in [0.2, 0.25) is 0 Å². The van der Waals surface area contributed by atoms with E-state index in [2.05, 4.69) is 29.1 Å². The van der Waals surface area contributed by atoms with Crippen LogP contribution >= 0.6 is 0 Å². The number of nitrogens with one attached hydrogen (secondary N) is 2. The van der Waals surface area contributed by atoms with Gasteiger partial charge in [0.25, 0.3) is 0 Å². The summed E-state index contributed by atoms with van der Waals surface area (Å²) in [5.74, 6) is 1.25. The maximum atomic E-state index is 12.4. The summed E-state index contributed by atoms with van der Waals surface area (Å²) in [5, 5.41) is 2.90. The maximum absolute atomic E-state index is 12.4. The molecule has 1 saturated carbocycles. The Labute approximate surface area is 102 Å². The number of amides is 1. The second-order valence-corrected chi connectivity index (χ2v) is 5.48. The number of anilines is 1. The largest absolute Gasteiger partial charge is 0.331 e. The molecule has 0 saturated heterocycles. The Morgan fingerprint density at radius 3 is 2.76 bits per heavy atom. The molecule has 0 bridgehead atoms. The number of H-pyrrole nitrogens is 1. The summed E-state index contributed by atoms with van der Waals surface area (Å²) in [7, 11) is 0. The van der Waals surface area contributed by atoms with E-state index in [1.807, 2.05) is 0 Å². The highest BCUT2D eigenvalue weighted by Crippen LogP contribution is 2.43. The van der Waals surface area contributed by atoms with Crippen LogP contribution in [0.4, 0.5) is 5.95 Å². The van der Waals surface area contributed by atoms with Crippen LogP contribution in [0.5, 0.6) is 0 Å². The minimum atomic E-state index is -0.166. The Balaban J connectivity index is 2.08. The first-order valence-corrected chi connectivity index (χ1v) is 6.43. The van der Waals surface area contributed by atoms with Gasteiger partial charge in [-0.3, -0.25) is 10.1 Å². The number of carbonyl (C=O) groups excluding carboxylic acids is 1. The zero-order valence-corrected chi connectivity index (χ0v) is 10.6. The molecule has 4 heteroatoms. The number of carbonyl (C=O) groups is 1. The molecule has 1 aliphatic carbocycles. The molecule has 2 N–H and O–H groups in total. The van der Waals surface area contributed by atoms with Gasteiger partial charge >= 0.3 is 0 Å². The Bertz CT molecular complexity index is 364. The smallest absolute Gasteiger partial charge is 0.232 e. The quantitative estimate of drug-likeness (QED) is 0.843. The van der Waals surface area contributed by atoms with Gasteiger partial charge in [-0.05, 0) is 25.2 Å². The van der Waals surface area contributed by atoms with Crippen LogP contribution in [0.1, 0.15) is 46.0 Å². The van der Waals surface area contributed by atoms with Gasteiger partial charge in [-0.25, -0.2) is 4.98 Å². The zero-order chi connectivity index (χ0) is 12.3. The number of rotatable bonds is 4. The molecule has 2 rings (SSSR count). The molecule has 1 amide bonds. The summed E-state index contributed by atoms with van der Waals surface area (Å²) in [6, 6.07) is 0. The van der Waals surface area contributed by atoms with Crippen LogP contribution in [0.3, 0.4) is 0 Å². The van der Waals surface area contributed by atoms with Crippen molar-refractivity contribution in [3.63, 3.8) is 0 Å². The molecular formula is C13H21N3O. The van der Waals surface area contributed by atoms with E-state index in [1.54, 1.807) is 12.4 Å². The molecule has 0 atom stereocenters. The van der Waals surface area contributed by atoms with Gasteiger partial charge in [0.15, 0.2) is 0 Å². The van der Waals surface area contributed by atoms with Crippen LogP contribution in [0.25, 0.3) is 0 Å². The van der Waals surface area contributed by atoms with Gasteiger partial charge in [-0.15, -0.1) is 0 Å². The van der Waals surface area contributed by atoms with Crippen molar-refractivity contribution in [3.05, 3.63) is 12.4 Å². The fraction of sp³-hybridized carbons (Fsp3) is 0.692. The Hall–Kier alpha value is -1.32. The molecule has 0 aliphatic heterocycles. The van der Waals surface area contributed by atoms with E-state index in [1.165, 1.54) is 0 Å². The van der Waals surface area contributed by atoms with Crippen LogP contribution in [-0.2, 0) is 4.79 Å². The van der Waals surface area contributed by atoms with Gasteiger partial charge in [-0.2, -0.15) is 0 Å². The van der Waals surface area contributed by atoms with Gasteiger partial charge in [0.05, 0.1) is 0 Å². The predicted octanol–water partition coefficient (Wildman–Crippen LogP) is 2.95. The molecular weight excluding hydrogens is 214 g/mol. The lowest BCUT2D eigenvalue weighted by Crippen LogP contribution is -2.35. The van der Waals surface area contributed by atoms with E-state index in [-0.39, 0.29) is 11.3 Å². The molecule has 17 heavy (non-hydrogen) atoms. The van der Waals surface area contributed by atoms with E-state index in [0.29, 0.717) is 11.9 Å². The van der Waals surface area contributed by atoms with Crippen LogP contribution in [0.15, 0.2) is 12.4 Å². The third kappa shape index (κ3) is 2.68. The number of imidazole rings is 1. The van der Waals surface area contributed by atoms with Crippen molar-refractivity contribution in [1.82, 2.24) is 9.97 Å². The van der Waals surface area contributed by atoms with Gasteiger partial charge in [-0.1, -0.05) is 26.7 Å². The van der Waals surface area contributed by atoms with Crippen molar-refractivity contribution in [2.24, 2.45) is 11.3 Å². The van der Waals surface area contributed by atoms with E-state index < -0.39 is 0 Å². The van der Waals surface area contributed by atoms with Crippen molar-refractivity contribution in [3.8, 4) is 0 Å². The average molecular weight is 235 g/mol. The average Bonchev–Trinajstić information content (AvgIpc) is 2.88. The Morgan fingerprint density at radius 2 is 2.24 bits per heavy atom. The first-order chi connectivity index (χ1) is 8.12. The monoisotopic (exact) mass is 235 g/mol. The Kier molecular flexibility index (Phi) is 3.50. The molecule has 0 unspecified atom stereocenters. The van der Waals surface area contributed by atoms with E-state index >= 15 is 0 Å². The lowest BCUT2D eigenvalue weighted by molar-refractivity contribution is -0.126. The molecule has 1 aromatic rings. The highest BCUT2D eigenvalue weighted by molar-refractivity contribution is 5.94. The lowest BCUT2D eigenvalue weighted by Gasteiger charge is -2.28. The standard InChI is InChI=1S/C13H21N3O/c1-10(2)9-13(5-3-4-6-13)11(17)16-12-14-7-8-15-12/h7-8,10H,3-6,9H2,1-2H3,(H2,14,15,16,17). The molecule has 1 aliphatic rings. The first-order valence-electron chi connectivity index (χ1n) is 6.43. The molecule has 4 nitrogen and oxygen atoms in total. The summed E-state index contributed by atoms with van der Waals surface area (Å²) < 4.78 is 0. The van der Waals surface area contributed by atoms with E-state index in [4.69, 9.17) is 0 Å². The molecule has 1 heterocycles. The third-order valence-corrected chi connectivity index (χ3v) is 3.57. The van der Waals surface area contributed by atoms with Crippen molar-refractivity contribution < 1.29 is 4.79 Å². The second-order valence-electron chi connectivity index (χ2n) is 5.48. The molecule has 1 fully saturated rings. The van der Waals surface area contributed by atoms with Crippen molar-refractivity contribution >= 4 is 11.9 Å². The summed E-state index contributed by atoms with van der Waals surface area (Å²) in [6.45, 7) is 4.36. The highest BCUT2D eigenvalue weighted by atomic mass is 16.2. The number of hydrogen-bond acceptors (Lipinski definition) is 2. The van der Waals surface area contributed by atoms with Crippen LogP contribution < -0.4 is 5.32 Å². The summed E-state index contributed by atoms with van der Waals surface area (Å²) in [5.41, 5.74) is -0.166. The maximum Gasteiger partial charge on any atom is 0.232 e. The number of nitrogens with zero attached hydrogens (tertiary/aromatic N) is 1. The molecule has 0 aromatic carbocycles. The van der Waals surface area contributed by atoms with E-state index in [9.17, 15) is 4.79 Å². The third-order valence-electron chi connectivity index (χ3n) is 3.57. The Morgan fingerprint density at radius 1 is 1.53 bits per heavy atom. The number of hydrogen-bond donors (Lipinski definition) is 2. The van der Waals surface area contributed by atoms with Crippen molar-refractivity contribution in [2.75, 3.05) is 5.32 Å². The fourth-order valence-corrected chi connectivity index (χ4v) is 2.93. The summed E-state index contributed by atoms with van der Waals surface area (Å²) >= 11 is 0. The highest BCUT2D eigenvalue weighted by Gasteiger charge is 2.41. The van der Waals surface area contributed by atoms with Crippen molar-refractivity contribution in [1.29, 1.82) is 0 Å². The summed E-state index contributed by atoms with van der Waals surface area (Å²) in [4.78, 5) is 19.4. The lowest BCUT2D eigenvalue weighted by atomic mass is 9.78. The second kappa shape index (κ2) is 4.90. The minimum Gasteiger partial charge on any atom is -0.331 e. The normalized spacial score (nSPS) is 18.5. The molecule has 0 spiro atoms. The van der Waals surface area contributed by atoms with Crippen LogP contribution in [-0.4, -0.2) is 15.9 Å². The predicted molar refractivity (Wildman–Crippen MR) is 67.6 cm³/mol. The zero-order valence-electron chi connectivity index (χ0n) is 10.6. The molecule has 94 valence electrons. The topological polar surface area (TPSA) is 57.8 Å². The van der Waals surface area contributed by atoms with Gasteiger partial charge in [0.2, 0.25) is 11.9 Å². The molecule has 0 radical (unpaired) electrons. The van der Waals surface area contributed by atoms with Gasteiger partial charge in [0, 0.05) is 17.8 Å². The summed E-state index contributed by atoms with van der Waals surface area (Å²) in [6.07, 6.45) is 8.70. The van der Waals surface area contributed by atoms with E-state index in [0.717, 1.165) is 32.1 Å².